The van der Waals surface area contributed by atoms with Crippen molar-refractivity contribution in [3.8, 4) is 0 Å². The summed E-state index contributed by atoms with van der Waals surface area (Å²) in [6.07, 6.45) is 12.4. The fourth-order valence-electron chi connectivity index (χ4n) is 1.01. The summed E-state index contributed by atoms with van der Waals surface area (Å²) in [5.41, 5.74) is 0. The Morgan fingerprint density at radius 3 is 2.60 bits per heavy atom. The normalized spacial score (nSPS) is 16.3. The topological polar surface area (TPSA) is 3.24 Å². The van der Waals surface area contributed by atoms with Crippen molar-refractivity contribution < 1.29 is 0 Å². The van der Waals surface area contributed by atoms with E-state index in [4.69, 9.17) is 0 Å². The summed E-state index contributed by atoms with van der Waals surface area (Å²) in [6.45, 7) is 3.39. The van der Waals surface area contributed by atoms with E-state index in [1.807, 2.05) is 0 Å². The molecule has 0 spiro atoms. The van der Waals surface area contributed by atoms with Crippen LogP contribution in [0.5, 0.6) is 0 Å². The van der Waals surface area contributed by atoms with Crippen molar-refractivity contribution >= 4 is 0 Å². The third-order valence-corrected chi connectivity index (χ3v) is 1.64. The van der Waals surface area contributed by atoms with E-state index in [2.05, 4.69) is 36.4 Å². The summed E-state index contributed by atoms with van der Waals surface area (Å²) in [5.74, 6) is 0. The van der Waals surface area contributed by atoms with Crippen molar-refractivity contribution in [2.75, 3.05) is 6.54 Å². The van der Waals surface area contributed by atoms with Gasteiger partial charge in [-0.3, -0.25) is 0 Å². The van der Waals surface area contributed by atoms with Gasteiger partial charge in [-0.05, 0) is 25.2 Å². The predicted molar refractivity (Wildman–Crippen MR) is 44.5 cm³/mol. The third-order valence-electron chi connectivity index (χ3n) is 1.64. The number of allylic oxidation sites excluding steroid dienone is 2. The number of rotatable bonds is 3. The highest BCUT2D eigenvalue weighted by atomic mass is 15.2. The van der Waals surface area contributed by atoms with E-state index in [-0.39, 0.29) is 0 Å². The van der Waals surface area contributed by atoms with Crippen molar-refractivity contribution in [1.29, 1.82) is 0 Å². The van der Waals surface area contributed by atoms with Crippen molar-refractivity contribution in [2.45, 2.75) is 26.2 Å². The van der Waals surface area contributed by atoms with Crippen LogP contribution < -0.4 is 0 Å². The molecule has 0 atom stereocenters. The lowest BCUT2D eigenvalue weighted by atomic mass is 10.3. The molecule has 0 aromatic heterocycles. The van der Waals surface area contributed by atoms with Crippen LogP contribution in [0.4, 0.5) is 0 Å². The molecule has 1 nitrogen and oxygen atoms in total. The van der Waals surface area contributed by atoms with Gasteiger partial charge in [0.15, 0.2) is 0 Å². The summed E-state index contributed by atoms with van der Waals surface area (Å²) in [7, 11) is 0. The zero-order chi connectivity index (χ0) is 7.23. The summed E-state index contributed by atoms with van der Waals surface area (Å²) in [5, 5.41) is 0. The Bertz CT molecular complexity index is 124. The Morgan fingerprint density at radius 1 is 1.30 bits per heavy atom. The molecule has 0 aliphatic carbocycles. The first-order valence-corrected chi connectivity index (χ1v) is 4.02. The van der Waals surface area contributed by atoms with E-state index in [1.165, 1.54) is 19.4 Å². The van der Waals surface area contributed by atoms with Crippen LogP contribution in [0.25, 0.3) is 0 Å². The quantitative estimate of drug-likeness (QED) is 0.542. The average molecular weight is 138 g/mol. The van der Waals surface area contributed by atoms with Crippen molar-refractivity contribution in [2.24, 2.45) is 0 Å². The summed E-state index contributed by atoms with van der Waals surface area (Å²) < 4.78 is 0. The molecule has 1 rings (SSSR count). The number of hydrogen-bond acceptors (Lipinski definition) is 1. The highest BCUT2D eigenvalue weighted by molar-refractivity contribution is 5.01. The van der Waals surface area contributed by atoms with E-state index in [9.17, 15) is 0 Å². The van der Waals surface area contributed by atoms with Gasteiger partial charge in [0.25, 0.3) is 0 Å². The molecule has 56 valence electrons. The molecule has 1 aliphatic heterocycles. The molecule has 0 aromatic carbocycles. The third kappa shape index (κ3) is 2.26. The molecule has 0 N–H and O–H groups in total. The van der Waals surface area contributed by atoms with Crippen molar-refractivity contribution in [3.05, 3.63) is 24.6 Å². The second kappa shape index (κ2) is 4.15. The van der Waals surface area contributed by atoms with Gasteiger partial charge in [-0.15, -0.1) is 0 Å². The maximum Gasteiger partial charge on any atom is 0.0219 e. The van der Waals surface area contributed by atoms with Gasteiger partial charge in [0.05, 0.1) is 0 Å². The zero-order valence-electron chi connectivity index (χ0n) is 6.59. The standard InChI is InChI=1S/C9H15N/c1-2-3-7-10-8-5-4-6-9-10/h5-6,8-9H,2-4,7H2,1H3/i8+1. The van der Waals surface area contributed by atoms with Gasteiger partial charge in [-0.25, -0.2) is 0 Å². The van der Waals surface area contributed by atoms with Gasteiger partial charge < -0.3 is 4.90 Å². The molecule has 0 bridgehead atoms. The molecule has 1 heteroatoms. The van der Waals surface area contributed by atoms with E-state index < -0.39 is 0 Å². The Balaban J connectivity index is 2.20. The van der Waals surface area contributed by atoms with Crippen molar-refractivity contribution in [1.82, 2.24) is 4.90 Å². The number of hydrogen-bond donors (Lipinski definition) is 0. The minimum absolute atomic E-state index is 1.10. The Hall–Kier alpha value is -0.720. The van der Waals surface area contributed by atoms with Gasteiger partial charge in [-0.2, -0.15) is 0 Å². The molecule has 0 amide bonds. The Kier molecular flexibility index (Phi) is 3.07. The van der Waals surface area contributed by atoms with Crippen LogP contribution in [0.3, 0.4) is 0 Å². The highest BCUT2D eigenvalue weighted by Crippen LogP contribution is 2.03. The van der Waals surface area contributed by atoms with Gasteiger partial charge in [0.2, 0.25) is 0 Å². The molecule has 0 radical (unpaired) electrons. The van der Waals surface area contributed by atoms with Gasteiger partial charge in [-0.1, -0.05) is 25.5 Å². The molecule has 1 heterocycles. The first kappa shape index (κ1) is 7.39. The number of unbranched alkanes of at least 4 members (excludes halogenated alkanes) is 1. The van der Waals surface area contributed by atoms with E-state index >= 15 is 0 Å². The fraction of sp³-hybridized carbons (Fsp3) is 0.556. The van der Waals surface area contributed by atoms with Gasteiger partial charge >= 0.3 is 0 Å². The van der Waals surface area contributed by atoms with Crippen LogP contribution in [0.1, 0.15) is 26.2 Å². The van der Waals surface area contributed by atoms with E-state index in [1.54, 1.807) is 0 Å². The SMILES string of the molecule is CCCCN1C=CCC=[13CH]1. The molecule has 0 fully saturated rings. The number of nitrogens with zero attached hydrogens (tertiary/aromatic N) is 1. The minimum atomic E-state index is 1.10. The monoisotopic (exact) mass is 138 g/mol. The van der Waals surface area contributed by atoms with Crippen LogP contribution >= 0.6 is 0 Å². The molecule has 0 aromatic rings. The van der Waals surface area contributed by atoms with Crippen LogP contribution in [0.2, 0.25) is 0 Å². The minimum Gasteiger partial charge on any atom is -0.355 e. The average Bonchev–Trinajstić information content (AvgIpc) is 2.03. The molecule has 0 saturated heterocycles. The van der Waals surface area contributed by atoms with Crippen LogP contribution in [-0.4, -0.2) is 11.4 Å². The largest absolute Gasteiger partial charge is 0.355 e. The van der Waals surface area contributed by atoms with Gasteiger partial charge in [0.1, 0.15) is 0 Å². The van der Waals surface area contributed by atoms with E-state index in [0.717, 1.165) is 6.42 Å². The maximum absolute atomic E-state index is 2.24. The Morgan fingerprint density at radius 2 is 2.00 bits per heavy atom. The van der Waals surface area contributed by atoms with E-state index in [0.29, 0.717) is 0 Å². The smallest absolute Gasteiger partial charge is 0.0219 e. The first-order chi connectivity index (χ1) is 4.93. The lowest BCUT2D eigenvalue weighted by molar-refractivity contribution is 0.478. The summed E-state index contributed by atoms with van der Waals surface area (Å²) in [6, 6.07) is 0. The Labute approximate surface area is 63.0 Å². The maximum atomic E-state index is 2.24. The first-order valence-electron chi connectivity index (χ1n) is 4.02. The lowest BCUT2D eigenvalue weighted by Gasteiger charge is -2.16. The summed E-state index contributed by atoms with van der Waals surface area (Å²) in [4.78, 5) is 2.24. The molecule has 10 heavy (non-hydrogen) atoms. The van der Waals surface area contributed by atoms with Crippen LogP contribution in [-0.2, 0) is 0 Å². The van der Waals surface area contributed by atoms with Crippen LogP contribution in [0.15, 0.2) is 24.6 Å². The molecule has 1 aliphatic rings. The zero-order valence-corrected chi connectivity index (χ0v) is 6.59. The van der Waals surface area contributed by atoms with Crippen molar-refractivity contribution in [3.63, 3.8) is 0 Å². The molecular formula is C9H15N. The molecule has 0 unspecified atom stereocenters. The second-order valence-corrected chi connectivity index (χ2v) is 2.60. The second-order valence-electron chi connectivity index (χ2n) is 2.60. The molecular weight excluding hydrogens is 123 g/mol. The predicted octanol–water partition coefficient (Wildman–Crippen LogP) is 2.52. The summed E-state index contributed by atoms with van der Waals surface area (Å²) >= 11 is 0. The van der Waals surface area contributed by atoms with Crippen LogP contribution in [0, 0.1) is 0 Å². The lowest BCUT2D eigenvalue weighted by Crippen LogP contribution is -2.12. The highest BCUT2D eigenvalue weighted by Gasteiger charge is 1.94. The fourth-order valence-corrected chi connectivity index (χ4v) is 1.01. The molecule has 0 saturated carbocycles. The van der Waals surface area contributed by atoms with Gasteiger partial charge in [0, 0.05) is 6.54 Å².